The molecule has 7 heteroatoms. The number of nitrogens with two attached hydrogens (primary N) is 1. The van der Waals surface area contributed by atoms with Crippen molar-refractivity contribution >= 4 is 15.8 Å². The van der Waals surface area contributed by atoms with E-state index in [9.17, 15) is 12.8 Å². The van der Waals surface area contributed by atoms with E-state index in [0.29, 0.717) is 12.1 Å². The van der Waals surface area contributed by atoms with Crippen molar-refractivity contribution in [1.82, 2.24) is 4.98 Å². The average Bonchev–Trinajstić information content (AvgIpc) is 2.41. The molecule has 0 aliphatic rings. The van der Waals surface area contributed by atoms with Gasteiger partial charge < -0.3 is 5.73 Å². The van der Waals surface area contributed by atoms with Crippen molar-refractivity contribution in [2.45, 2.75) is 12.3 Å². The summed E-state index contributed by atoms with van der Waals surface area (Å²) < 4.78 is 38.9. The predicted octanol–water partition coefficient (Wildman–Crippen LogP) is 1.62. The molecular weight excluding hydrogens is 281 g/mol. The summed E-state index contributed by atoms with van der Waals surface area (Å²) in [6, 6.07) is 9.42. The van der Waals surface area contributed by atoms with Gasteiger partial charge in [-0.25, -0.2) is 17.8 Å². The molecule has 0 radical (unpaired) electrons. The summed E-state index contributed by atoms with van der Waals surface area (Å²) in [5.41, 5.74) is 7.00. The van der Waals surface area contributed by atoms with E-state index in [1.807, 2.05) is 6.07 Å². The summed E-state index contributed by atoms with van der Waals surface area (Å²) in [6.07, 6.45) is 0.951. The molecule has 1 aromatic heterocycles. The van der Waals surface area contributed by atoms with Gasteiger partial charge >= 0.3 is 0 Å². The highest BCUT2D eigenvalue weighted by atomic mass is 32.2. The molecule has 2 aromatic rings. The second-order valence-corrected chi connectivity index (χ2v) is 5.97. The monoisotopic (exact) mass is 295 g/mol. The third kappa shape index (κ3) is 4.01. The maximum Gasteiger partial charge on any atom is 0.238 e. The molecule has 0 aliphatic carbocycles. The minimum absolute atomic E-state index is 0.0846. The Kier molecular flexibility index (Phi) is 4.31. The van der Waals surface area contributed by atoms with Crippen molar-refractivity contribution in [2.75, 3.05) is 4.72 Å². The number of anilines is 1. The van der Waals surface area contributed by atoms with Crippen LogP contribution in [0.15, 0.2) is 42.6 Å². The van der Waals surface area contributed by atoms with Gasteiger partial charge in [0.2, 0.25) is 10.0 Å². The second-order valence-electron chi connectivity index (χ2n) is 4.25. The smallest absolute Gasteiger partial charge is 0.238 e. The van der Waals surface area contributed by atoms with Gasteiger partial charge in [0, 0.05) is 6.54 Å². The minimum Gasteiger partial charge on any atom is -0.326 e. The first kappa shape index (κ1) is 14.4. The van der Waals surface area contributed by atoms with E-state index in [-0.39, 0.29) is 11.6 Å². The zero-order valence-corrected chi connectivity index (χ0v) is 11.4. The third-order valence-corrected chi connectivity index (χ3v) is 3.80. The van der Waals surface area contributed by atoms with Crippen LogP contribution in [0.3, 0.4) is 0 Å². The number of benzene rings is 1. The van der Waals surface area contributed by atoms with Crippen LogP contribution >= 0.6 is 0 Å². The number of pyridine rings is 1. The zero-order chi connectivity index (χ0) is 14.6. The lowest BCUT2D eigenvalue weighted by Crippen LogP contribution is -2.16. The molecule has 1 aromatic carbocycles. The number of nitrogens with zero attached hydrogens (tertiary/aromatic N) is 1. The van der Waals surface area contributed by atoms with Gasteiger partial charge in [0.05, 0.1) is 11.9 Å². The lowest BCUT2D eigenvalue weighted by molar-refractivity contribution is 0.599. The van der Waals surface area contributed by atoms with E-state index in [2.05, 4.69) is 9.71 Å². The first-order chi connectivity index (χ1) is 9.48. The maximum atomic E-state index is 12.7. The van der Waals surface area contributed by atoms with Crippen LogP contribution < -0.4 is 10.5 Å². The van der Waals surface area contributed by atoms with Crippen LogP contribution in [-0.4, -0.2) is 13.4 Å². The molecule has 2 rings (SSSR count). The number of halogens is 1. The van der Waals surface area contributed by atoms with Gasteiger partial charge in [0.1, 0.15) is 11.6 Å². The van der Waals surface area contributed by atoms with Crippen molar-refractivity contribution in [3.63, 3.8) is 0 Å². The molecule has 0 fully saturated rings. The van der Waals surface area contributed by atoms with Crippen LogP contribution in [0, 0.1) is 5.82 Å². The molecule has 20 heavy (non-hydrogen) atoms. The Morgan fingerprint density at radius 2 is 1.95 bits per heavy atom. The Bertz CT molecular complexity index is 687. The molecule has 5 nitrogen and oxygen atoms in total. The molecular formula is C13H14FN3O2S. The van der Waals surface area contributed by atoms with Gasteiger partial charge in [-0.1, -0.05) is 24.3 Å². The van der Waals surface area contributed by atoms with E-state index in [1.165, 1.54) is 6.07 Å². The minimum atomic E-state index is -3.60. The number of aromatic nitrogens is 1. The first-order valence-electron chi connectivity index (χ1n) is 5.88. The molecule has 1 heterocycles. The van der Waals surface area contributed by atoms with Gasteiger partial charge in [-0.2, -0.15) is 0 Å². The van der Waals surface area contributed by atoms with Crippen molar-refractivity contribution in [1.29, 1.82) is 0 Å². The van der Waals surface area contributed by atoms with Crippen molar-refractivity contribution in [3.05, 3.63) is 59.5 Å². The van der Waals surface area contributed by atoms with Crippen LogP contribution in [0.4, 0.5) is 10.2 Å². The van der Waals surface area contributed by atoms with Crippen LogP contribution in [0.2, 0.25) is 0 Å². The van der Waals surface area contributed by atoms with Gasteiger partial charge in [-0.05, 0) is 23.3 Å². The van der Waals surface area contributed by atoms with E-state index < -0.39 is 15.8 Å². The van der Waals surface area contributed by atoms with Crippen LogP contribution in [0.5, 0.6) is 0 Å². The number of rotatable bonds is 5. The van der Waals surface area contributed by atoms with Gasteiger partial charge in [0.15, 0.2) is 0 Å². The molecule has 3 N–H and O–H groups in total. The number of sulfonamides is 1. The van der Waals surface area contributed by atoms with Crippen LogP contribution in [0.1, 0.15) is 11.1 Å². The third-order valence-electron chi connectivity index (χ3n) is 2.57. The van der Waals surface area contributed by atoms with Crippen molar-refractivity contribution < 1.29 is 12.8 Å². The predicted molar refractivity (Wildman–Crippen MR) is 74.8 cm³/mol. The lowest BCUT2D eigenvalue weighted by atomic mass is 10.1. The number of hydrogen-bond donors (Lipinski definition) is 2. The topological polar surface area (TPSA) is 85.1 Å². The Balaban J connectivity index is 2.12. The largest absolute Gasteiger partial charge is 0.326 e. The second kappa shape index (κ2) is 5.98. The Labute approximate surface area is 116 Å². The average molecular weight is 295 g/mol. The SMILES string of the molecule is NCc1cccc(CS(=O)(=O)Nc2ccc(F)cn2)c1. The summed E-state index contributed by atoms with van der Waals surface area (Å²) in [5, 5.41) is 0. The highest BCUT2D eigenvalue weighted by molar-refractivity contribution is 7.91. The summed E-state index contributed by atoms with van der Waals surface area (Å²) in [7, 11) is -3.60. The highest BCUT2D eigenvalue weighted by Crippen LogP contribution is 2.12. The van der Waals surface area contributed by atoms with Crippen molar-refractivity contribution in [3.8, 4) is 0 Å². The molecule has 0 bridgehead atoms. The molecule has 0 amide bonds. The maximum absolute atomic E-state index is 12.7. The Morgan fingerprint density at radius 1 is 1.20 bits per heavy atom. The van der Waals surface area contributed by atoms with E-state index in [1.54, 1.807) is 18.2 Å². The van der Waals surface area contributed by atoms with Gasteiger partial charge in [0.25, 0.3) is 0 Å². The molecule has 0 aliphatic heterocycles. The quantitative estimate of drug-likeness (QED) is 0.877. The fraction of sp³-hybridized carbons (Fsp3) is 0.154. The highest BCUT2D eigenvalue weighted by Gasteiger charge is 2.12. The van der Waals surface area contributed by atoms with E-state index >= 15 is 0 Å². The normalized spacial score (nSPS) is 11.3. The molecule has 0 saturated carbocycles. The van der Waals surface area contributed by atoms with Crippen LogP contribution in [0.25, 0.3) is 0 Å². The van der Waals surface area contributed by atoms with Gasteiger partial charge in [-0.3, -0.25) is 4.72 Å². The Hall–Kier alpha value is -1.99. The van der Waals surface area contributed by atoms with E-state index in [0.717, 1.165) is 17.8 Å². The molecule has 0 unspecified atom stereocenters. The molecule has 0 saturated heterocycles. The van der Waals surface area contributed by atoms with Crippen LogP contribution in [-0.2, 0) is 22.3 Å². The summed E-state index contributed by atoms with van der Waals surface area (Å²) in [6.45, 7) is 0.348. The molecule has 0 atom stereocenters. The zero-order valence-electron chi connectivity index (χ0n) is 10.6. The summed E-state index contributed by atoms with van der Waals surface area (Å²) in [5.74, 6) is -0.634. The first-order valence-corrected chi connectivity index (χ1v) is 7.54. The van der Waals surface area contributed by atoms with Gasteiger partial charge in [-0.15, -0.1) is 0 Å². The fourth-order valence-corrected chi connectivity index (χ4v) is 2.83. The molecule has 0 spiro atoms. The number of hydrogen-bond acceptors (Lipinski definition) is 4. The summed E-state index contributed by atoms with van der Waals surface area (Å²) in [4.78, 5) is 3.65. The summed E-state index contributed by atoms with van der Waals surface area (Å²) >= 11 is 0. The van der Waals surface area contributed by atoms with Crippen molar-refractivity contribution in [2.24, 2.45) is 5.73 Å². The lowest BCUT2D eigenvalue weighted by Gasteiger charge is -2.08. The Morgan fingerprint density at radius 3 is 2.60 bits per heavy atom. The van der Waals surface area contributed by atoms with E-state index in [4.69, 9.17) is 5.73 Å². The number of nitrogens with one attached hydrogen (secondary N) is 1. The molecule has 106 valence electrons. The fourth-order valence-electron chi connectivity index (χ4n) is 1.70. The standard InChI is InChI=1S/C13H14FN3O2S/c14-12-4-5-13(16-8-12)17-20(18,19)9-11-3-1-2-10(6-11)7-15/h1-6,8H,7,9,15H2,(H,16,17).